The number of fused-ring (bicyclic) bond motifs is 1. The highest BCUT2D eigenvalue weighted by Gasteiger charge is 2.24. The van der Waals surface area contributed by atoms with E-state index < -0.39 is 5.82 Å². The number of hydrogen-bond donors (Lipinski definition) is 2. The van der Waals surface area contributed by atoms with E-state index in [1.54, 1.807) is 0 Å². The van der Waals surface area contributed by atoms with Crippen LogP contribution in [0.1, 0.15) is 30.1 Å². The molecule has 0 aromatic heterocycles. The van der Waals surface area contributed by atoms with Gasteiger partial charge in [-0.2, -0.15) is 0 Å². The second-order valence-corrected chi connectivity index (χ2v) is 5.59. The lowest BCUT2D eigenvalue weighted by atomic mass is 9.89. The van der Waals surface area contributed by atoms with Crippen LogP contribution in [0, 0.1) is 5.82 Å². The van der Waals surface area contributed by atoms with Gasteiger partial charge in [-0.15, -0.1) is 0 Å². The minimum atomic E-state index is -0.697. The molecule has 1 unspecified atom stereocenters. The van der Waals surface area contributed by atoms with E-state index in [1.165, 1.54) is 11.6 Å². The first kappa shape index (κ1) is 14.0. The number of nitrogens with two attached hydrogens (primary N) is 2. The fourth-order valence-electron chi connectivity index (χ4n) is 2.74. The van der Waals surface area contributed by atoms with Crippen LogP contribution in [0.5, 0.6) is 5.75 Å². The summed E-state index contributed by atoms with van der Waals surface area (Å²) in [4.78, 5) is 0. The fourth-order valence-corrected chi connectivity index (χ4v) is 2.88. The second kappa shape index (κ2) is 5.45. The molecule has 0 heterocycles. The Morgan fingerprint density at radius 2 is 1.95 bits per heavy atom. The molecular formula is C16H16ClFN2O. The summed E-state index contributed by atoms with van der Waals surface area (Å²) >= 11 is 5.84. The summed E-state index contributed by atoms with van der Waals surface area (Å²) in [5.41, 5.74) is 14.0. The maximum Gasteiger partial charge on any atom is 0.187 e. The average Bonchev–Trinajstić information content (AvgIpc) is 2.49. The first-order chi connectivity index (χ1) is 10.1. The summed E-state index contributed by atoms with van der Waals surface area (Å²) in [6.07, 6.45) is 2.60. The molecule has 0 bridgehead atoms. The zero-order chi connectivity index (χ0) is 15.0. The van der Waals surface area contributed by atoms with Crippen LogP contribution in [0.15, 0.2) is 30.3 Å². The lowest BCUT2D eigenvalue weighted by Crippen LogP contribution is -2.16. The monoisotopic (exact) mass is 306 g/mol. The Bertz CT molecular complexity index is 690. The second-order valence-electron chi connectivity index (χ2n) is 5.21. The van der Waals surface area contributed by atoms with Gasteiger partial charge in [-0.1, -0.05) is 35.9 Å². The number of ether oxygens (including phenoxy) is 1. The highest BCUT2D eigenvalue weighted by molar-refractivity contribution is 6.33. The Morgan fingerprint density at radius 3 is 2.76 bits per heavy atom. The van der Waals surface area contributed by atoms with Crippen molar-refractivity contribution in [2.75, 3.05) is 11.5 Å². The van der Waals surface area contributed by atoms with Crippen LogP contribution >= 0.6 is 11.6 Å². The van der Waals surface area contributed by atoms with Gasteiger partial charge in [-0.25, -0.2) is 4.39 Å². The van der Waals surface area contributed by atoms with Crippen molar-refractivity contribution in [2.45, 2.75) is 25.4 Å². The molecule has 0 fully saturated rings. The van der Waals surface area contributed by atoms with E-state index in [9.17, 15) is 4.39 Å². The highest BCUT2D eigenvalue weighted by Crippen LogP contribution is 2.40. The summed E-state index contributed by atoms with van der Waals surface area (Å²) in [7, 11) is 0. The Balaban J connectivity index is 1.97. The third kappa shape index (κ3) is 2.51. The lowest BCUT2D eigenvalue weighted by Gasteiger charge is -2.27. The number of aryl methyl sites for hydroxylation is 1. The summed E-state index contributed by atoms with van der Waals surface area (Å²) < 4.78 is 20.1. The third-order valence-electron chi connectivity index (χ3n) is 3.79. The van der Waals surface area contributed by atoms with Gasteiger partial charge in [0.2, 0.25) is 0 Å². The number of halogens is 2. The van der Waals surface area contributed by atoms with Crippen LogP contribution in [-0.2, 0) is 6.42 Å². The Kier molecular flexibility index (Phi) is 3.64. The minimum Gasteiger partial charge on any atom is -0.480 e. The van der Waals surface area contributed by atoms with E-state index in [-0.39, 0.29) is 28.3 Å². The summed E-state index contributed by atoms with van der Waals surface area (Å²) in [5.74, 6) is -0.715. The van der Waals surface area contributed by atoms with E-state index >= 15 is 0 Å². The maximum atomic E-state index is 14.2. The van der Waals surface area contributed by atoms with E-state index in [2.05, 4.69) is 6.07 Å². The van der Waals surface area contributed by atoms with E-state index in [0.717, 1.165) is 24.8 Å². The van der Waals surface area contributed by atoms with Crippen molar-refractivity contribution < 1.29 is 9.13 Å². The zero-order valence-electron chi connectivity index (χ0n) is 11.4. The Labute approximate surface area is 127 Å². The van der Waals surface area contributed by atoms with Crippen LogP contribution in [0.25, 0.3) is 0 Å². The molecule has 110 valence electrons. The fraction of sp³-hybridized carbons (Fsp3) is 0.250. The number of benzene rings is 2. The molecule has 0 saturated carbocycles. The molecule has 0 radical (unpaired) electrons. The van der Waals surface area contributed by atoms with Crippen molar-refractivity contribution in [3.05, 3.63) is 52.3 Å². The topological polar surface area (TPSA) is 61.3 Å². The number of rotatable bonds is 2. The average molecular weight is 307 g/mol. The smallest absolute Gasteiger partial charge is 0.187 e. The van der Waals surface area contributed by atoms with Gasteiger partial charge in [0, 0.05) is 0 Å². The Hall–Kier alpha value is -1.94. The van der Waals surface area contributed by atoms with E-state index in [1.807, 2.05) is 18.2 Å². The molecule has 0 amide bonds. The molecular weight excluding hydrogens is 291 g/mol. The molecule has 3 rings (SSSR count). The van der Waals surface area contributed by atoms with Crippen molar-refractivity contribution in [1.82, 2.24) is 0 Å². The van der Waals surface area contributed by atoms with Crippen molar-refractivity contribution in [3.63, 3.8) is 0 Å². The number of hydrogen-bond acceptors (Lipinski definition) is 3. The van der Waals surface area contributed by atoms with Gasteiger partial charge < -0.3 is 16.2 Å². The summed E-state index contributed by atoms with van der Waals surface area (Å²) in [5, 5.41) is -0.150. The molecule has 0 aliphatic heterocycles. The SMILES string of the molecule is Nc1cc(N)c(OC2CCCc3ccccc32)c(F)c1Cl. The molecule has 5 heteroatoms. The van der Waals surface area contributed by atoms with Gasteiger partial charge in [0.05, 0.1) is 11.4 Å². The lowest BCUT2D eigenvalue weighted by molar-refractivity contribution is 0.177. The molecule has 21 heavy (non-hydrogen) atoms. The molecule has 1 atom stereocenters. The molecule has 2 aromatic carbocycles. The highest BCUT2D eigenvalue weighted by atomic mass is 35.5. The van der Waals surface area contributed by atoms with Gasteiger partial charge in [0.1, 0.15) is 11.1 Å². The van der Waals surface area contributed by atoms with E-state index in [0.29, 0.717) is 0 Å². The van der Waals surface area contributed by atoms with Crippen LogP contribution in [0.3, 0.4) is 0 Å². The predicted octanol–water partition coefficient (Wildman–Crippen LogP) is 4.10. The number of nitrogen functional groups attached to an aromatic ring is 2. The minimum absolute atomic E-state index is 0.0177. The van der Waals surface area contributed by atoms with Crippen LogP contribution in [-0.4, -0.2) is 0 Å². The van der Waals surface area contributed by atoms with Gasteiger partial charge in [-0.3, -0.25) is 0 Å². The quantitative estimate of drug-likeness (QED) is 0.821. The molecule has 3 nitrogen and oxygen atoms in total. The molecule has 1 aliphatic rings. The standard InChI is InChI=1S/C16H16ClFN2O/c17-14-11(19)8-12(20)16(15(14)18)21-13-7-3-5-9-4-1-2-6-10(9)13/h1-2,4,6,8,13H,3,5,7,19-20H2. The van der Waals surface area contributed by atoms with Crippen molar-refractivity contribution >= 4 is 23.0 Å². The summed E-state index contributed by atoms with van der Waals surface area (Å²) in [6.45, 7) is 0. The predicted molar refractivity (Wildman–Crippen MR) is 83.0 cm³/mol. The third-order valence-corrected chi connectivity index (χ3v) is 4.18. The van der Waals surface area contributed by atoms with Crippen molar-refractivity contribution in [1.29, 1.82) is 0 Å². The van der Waals surface area contributed by atoms with Crippen molar-refractivity contribution in [2.24, 2.45) is 0 Å². The first-order valence-corrected chi connectivity index (χ1v) is 7.23. The molecule has 1 aliphatic carbocycles. The molecule has 4 N–H and O–H groups in total. The van der Waals surface area contributed by atoms with Crippen LogP contribution < -0.4 is 16.2 Å². The largest absolute Gasteiger partial charge is 0.480 e. The summed E-state index contributed by atoms with van der Waals surface area (Å²) in [6, 6.07) is 9.45. The number of anilines is 2. The molecule has 2 aromatic rings. The Morgan fingerprint density at radius 1 is 1.19 bits per heavy atom. The van der Waals surface area contributed by atoms with Gasteiger partial charge in [-0.05, 0) is 36.5 Å². The first-order valence-electron chi connectivity index (χ1n) is 6.85. The van der Waals surface area contributed by atoms with Gasteiger partial charge >= 0.3 is 0 Å². The maximum absolute atomic E-state index is 14.2. The van der Waals surface area contributed by atoms with Crippen LogP contribution in [0.2, 0.25) is 5.02 Å². The van der Waals surface area contributed by atoms with Crippen LogP contribution in [0.4, 0.5) is 15.8 Å². The molecule has 0 saturated heterocycles. The van der Waals surface area contributed by atoms with Gasteiger partial charge in [0.15, 0.2) is 11.6 Å². The zero-order valence-corrected chi connectivity index (χ0v) is 12.2. The molecule has 0 spiro atoms. The van der Waals surface area contributed by atoms with Crippen molar-refractivity contribution in [3.8, 4) is 5.75 Å². The normalized spacial score (nSPS) is 17.3. The van der Waals surface area contributed by atoms with E-state index in [4.69, 9.17) is 27.8 Å². The van der Waals surface area contributed by atoms with Gasteiger partial charge in [0.25, 0.3) is 0 Å².